The Labute approximate surface area is 211 Å². The molecule has 5 nitrogen and oxygen atoms in total. The molecule has 1 aliphatic rings. The van der Waals surface area contributed by atoms with Crippen LogP contribution in [0.2, 0.25) is 15.1 Å². The zero-order valence-electron chi connectivity index (χ0n) is 17.2. The van der Waals surface area contributed by atoms with Gasteiger partial charge in [0.05, 0.1) is 10.2 Å². The van der Waals surface area contributed by atoms with Crippen molar-refractivity contribution >= 4 is 74.7 Å². The van der Waals surface area contributed by atoms with Gasteiger partial charge in [0, 0.05) is 34.7 Å². The molecule has 1 saturated heterocycles. The van der Waals surface area contributed by atoms with Gasteiger partial charge in [-0.15, -0.1) is 12.4 Å². The molecule has 0 radical (unpaired) electrons. The Morgan fingerprint density at radius 2 is 1.75 bits per heavy atom. The van der Waals surface area contributed by atoms with Crippen molar-refractivity contribution < 1.29 is 4.79 Å². The molecular formula is C22H23Cl4N3O2S. The Hall–Kier alpha value is -1.28. The Morgan fingerprint density at radius 1 is 1.06 bits per heavy atom. The van der Waals surface area contributed by atoms with Crippen LogP contribution in [0, 0.1) is 5.92 Å². The summed E-state index contributed by atoms with van der Waals surface area (Å²) >= 11 is 19.4. The molecule has 1 aromatic heterocycles. The fraction of sp³-hybridized carbons (Fsp3) is 0.364. The molecule has 0 atom stereocenters. The van der Waals surface area contributed by atoms with E-state index < -0.39 is 0 Å². The lowest BCUT2D eigenvalue weighted by molar-refractivity contribution is -0.133. The van der Waals surface area contributed by atoms with Crippen LogP contribution in [0.3, 0.4) is 0 Å². The highest BCUT2D eigenvalue weighted by atomic mass is 35.5. The normalized spacial score (nSPS) is 14.5. The predicted molar refractivity (Wildman–Crippen MR) is 136 cm³/mol. The summed E-state index contributed by atoms with van der Waals surface area (Å²) in [6.07, 6.45) is 1.86. The molecule has 1 N–H and O–H groups in total. The number of thiazole rings is 1. The minimum atomic E-state index is -0.134. The summed E-state index contributed by atoms with van der Waals surface area (Å²) in [5, 5.41) is 5.31. The number of benzene rings is 2. The van der Waals surface area contributed by atoms with Crippen molar-refractivity contribution in [2.45, 2.75) is 25.9 Å². The van der Waals surface area contributed by atoms with E-state index in [-0.39, 0.29) is 29.7 Å². The highest BCUT2D eigenvalue weighted by Crippen LogP contribution is 2.23. The summed E-state index contributed by atoms with van der Waals surface area (Å²) < 4.78 is 2.37. The van der Waals surface area contributed by atoms with E-state index in [1.54, 1.807) is 18.2 Å². The molecule has 2 aromatic carbocycles. The van der Waals surface area contributed by atoms with E-state index in [4.69, 9.17) is 34.8 Å². The lowest BCUT2D eigenvalue weighted by Gasteiger charge is -2.32. The maximum atomic E-state index is 12.8. The minimum absolute atomic E-state index is 0. The van der Waals surface area contributed by atoms with Crippen LogP contribution in [-0.2, 0) is 17.9 Å². The number of hydrogen-bond donors (Lipinski definition) is 1. The molecule has 0 spiro atoms. The van der Waals surface area contributed by atoms with Gasteiger partial charge in [0.25, 0.3) is 0 Å². The van der Waals surface area contributed by atoms with Crippen molar-refractivity contribution in [1.82, 2.24) is 14.8 Å². The summed E-state index contributed by atoms with van der Waals surface area (Å²) in [5.41, 5.74) is 1.74. The molecule has 0 bridgehead atoms. The number of nitrogens with one attached hydrogen (secondary N) is 1. The molecule has 1 fully saturated rings. The van der Waals surface area contributed by atoms with Gasteiger partial charge in [-0.3, -0.25) is 14.2 Å². The van der Waals surface area contributed by atoms with Crippen LogP contribution in [-0.4, -0.2) is 35.0 Å². The van der Waals surface area contributed by atoms with Crippen molar-refractivity contribution in [2.75, 3.05) is 19.6 Å². The van der Waals surface area contributed by atoms with E-state index in [2.05, 4.69) is 5.32 Å². The van der Waals surface area contributed by atoms with Gasteiger partial charge in [-0.2, -0.15) is 0 Å². The number of piperidine rings is 1. The van der Waals surface area contributed by atoms with Gasteiger partial charge in [0.1, 0.15) is 6.54 Å². The summed E-state index contributed by atoms with van der Waals surface area (Å²) in [6, 6.07) is 10.8. The fourth-order valence-electron chi connectivity index (χ4n) is 3.88. The minimum Gasteiger partial charge on any atom is -0.341 e. The van der Waals surface area contributed by atoms with Crippen molar-refractivity contribution in [1.29, 1.82) is 0 Å². The maximum absolute atomic E-state index is 12.8. The summed E-state index contributed by atoms with van der Waals surface area (Å²) in [7, 11) is 0. The monoisotopic (exact) mass is 533 g/mol. The number of carbonyl (C=O) groups is 1. The second kappa shape index (κ2) is 11.2. The number of halogens is 4. The van der Waals surface area contributed by atoms with E-state index >= 15 is 0 Å². The summed E-state index contributed by atoms with van der Waals surface area (Å²) in [5.74, 6) is 0.472. The zero-order valence-corrected chi connectivity index (χ0v) is 21.1. The van der Waals surface area contributed by atoms with Crippen LogP contribution in [0.15, 0.2) is 41.2 Å². The molecule has 2 heterocycles. The van der Waals surface area contributed by atoms with Crippen LogP contribution in [0.1, 0.15) is 18.4 Å². The lowest BCUT2D eigenvalue weighted by Crippen LogP contribution is -2.42. The van der Waals surface area contributed by atoms with Crippen molar-refractivity contribution in [3.8, 4) is 0 Å². The first-order chi connectivity index (χ1) is 14.9. The Balaban J connectivity index is 0.00000289. The Morgan fingerprint density at radius 3 is 2.47 bits per heavy atom. The molecular weight excluding hydrogens is 512 g/mol. The third-order valence-corrected chi connectivity index (χ3v) is 7.44. The van der Waals surface area contributed by atoms with Gasteiger partial charge in [-0.05, 0) is 61.2 Å². The van der Waals surface area contributed by atoms with Gasteiger partial charge in [0.15, 0.2) is 0 Å². The van der Waals surface area contributed by atoms with Crippen molar-refractivity contribution in [3.63, 3.8) is 0 Å². The number of aromatic nitrogens is 1. The number of carbonyl (C=O) groups excluding carboxylic acids is 1. The predicted octanol–water partition coefficient (Wildman–Crippen LogP) is 5.47. The second-order valence-electron chi connectivity index (χ2n) is 7.76. The Bertz CT molecular complexity index is 1160. The van der Waals surface area contributed by atoms with Gasteiger partial charge in [-0.1, -0.05) is 52.2 Å². The molecule has 0 aliphatic carbocycles. The Kier molecular flexibility index (Phi) is 8.90. The van der Waals surface area contributed by atoms with Gasteiger partial charge in [0.2, 0.25) is 5.91 Å². The molecule has 172 valence electrons. The number of likely N-dealkylation sites (tertiary alicyclic amines) is 1. The SMILES string of the molecule is Cl.O=C(Cn1c(=O)sc2ccc(Cl)cc21)N1CCC(CNCc2ccc(Cl)cc2Cl)CC1. The van der Waals surface area contributed by atoms with Gasteiger partial charge in [-0.25, -0.2) is 0 Å². The molecule has 0 unspecified atom stereocenters. The molecule has 0 saturated carbocycles. The smallest absolute Gasteiger partial charge is 0.308 e. The topological polar surface area (TPSA) is 54.3 Å². The van der Waals surface area contributed by atoms with E-state index in [9.17, 15) is 9.59 Å². The average molecular weight is 535 g/mol. The van der Waals surface area contributed by atoms with Crippen LogP contribution < -0.4 is 10.2 Å². The maximum Gasteiger partial charge on any atom is 0.308 e. The third-order valence-electron chi connectivity index (χ3n) is 5.65. The van der Waals surface area contributed by atoms with Crippen LogP contribution in [0.5, 0.6) is 0 Å². The first-order valence-corrected chi connectivity index (χ1v) is 12.1. The first-order valence-electron chi connectivity index (χ1n) is 10.1. The second-order valence-corrected chi connectivity index (χ2v) is 10.0. The summed E-state index contributed by atoms with van der Waals surface area (Å²) in [6.45, 7) is 3.01. The standard InChI is InChI=1S/C22H22Cl3N3O2S.ClH/c23-16-2-1-15(18(25)9-16)12-26-11-14-5-7-27(8-6-14)21(29)13-28-19-10-17(24)3-4-20(19)31-22(28)30;/h1-4,9-10,14,26H,5-8,11-13H2;1H. The van der Waals surface area contributed by atoms with Gasteiger partial charge >= 0.3 is 4.87 Å². The molecule has 10 heteroatoms. The summed E-state index contributed by atoms with van der Waals surface area (Å²) in [4.78, 5) is 26.9. The molecule has 4 rings (SSSR count). The van der Waals surface area contributed by atoms with Crippen LogP contribution in [0.25, 0.3) is 10.2 Å². The van der Waals surface area contributed by atoms with Crippen LogP contribution >= 0.6 is 58.5 Å². The average Bonchev–Trinajstić information content (AvgIpc) is 3.04. The highest BCUT2D eigenvalue weighted by Gasteiger charge is 2.23. The quantitative estimate of drug-likeness (QED) is 0.456. The first kappa shape index (κ1) is 25.3. The number of hydrogen-bond acceptors (Lipinski definition) is 4. The van der Waals surface area contributed by atoms with Crippen molar-refractivity contribution in [3.05, 3.63) is 66.7 Å². The number of amides is 1. The van der Waals surface area contributed by atoms with E-state index in [0.29, 0.717) is 40.6 Å². The largest absolute Gasteiger partial charge is 0.341 e. The highest BCUT2D eigenvalue weighted by molar-refractivity contribution is 7.16. The zero-order chi connectivity index (χ0) is 22.0. The van der Waals surface area contributed by atoms with Crippen molar-refractivity contribution in [2.24, 2.45) is 5.92 Å². The van der Waals surface area contributed by atoms with E-state index in [1.807, 2.05) is 23.1 Å². The van der Waals surface area contributed by atoms with E-state index in [1.165, 1.54) is 4.57 Å². The molecule has 1 aliphatic heterocycles. The van der Waals surface area contributed by atoms with Gasteiger partial charge < -0.3 is 10.2 Å². The van der Waals surface area contributed by atoms with E-state index in [0.717, 1.165) is 46.5 Å². The fourth-order valence-corrected chi connectivity index (χ4v) is 5.40. The molecule has 32 heavy (non-hydrogen) atoms. The molecule has 1 amide bonds. The molecule has 3 aromatic rings. The lowest BCUT2D eigenvalue weighted by atomic mass is 9.96. The van der Waals surface area contributed by atoms with Crippen LogP contribution in [0.4, 0.5) is 0 Å². The number of fused-ring (bicyclic) bond motifs is 1. The third kappa shape index (κ3) is 5.99. The number of nitrogens with zero attached hydrogens (tertiary/aromatic N) is 2. The number of rotatable bonds is 6.